The van der Waals surface area contributed by atoms with E-state index in [0.717, 1.165) is 29.9 Å². The maximum Gasteiger partial charge on any atom is 0.324 e. The number of urea groups is 1. The summed E-state index contributed by atoms with van der Waals surface area (Å²) in [5.74, 6) is 2.52. The van der Waals surface area contributed by atoms with Gasteiger partial charge in [0.1, 0.15) is 5.51 Å². The number of anilines is 1. The molecule has 3 atom stereocenters. The average molecular weight is 388 g/mol. The van der Waals surface area contributed by atoms with Crippen molar-refractivity contribution < 1.29 is 14.3 Å². The number of ether oxygens (including phenoxy) is 2. The molecule has 2 aliphatic rings. The number of amides is 2. The number of nitrogens with one attached hydrogen (secondary N) is 1. The second-order valence-corrected chi connectivity index (χ2v) is 8.16. The molecule has 1 N–H and O–H groups in total. The molecule has 1 aromatic heterocycles. The van der Waals surface area contributed by atoms with Gasteiger partial charge in [-0.25, -0.2) is 4.79 Å². The molecular formula is C19H24N4O3S. The molecule has 0 radical (unpaired) electrons. The third kappa shape index (κ3) is 3.85. The Bertz CT molecular complexity index is 798. The van der Waals surface area contributed by atoms with Crippen molar-refractivity contribution in [1.82, 2.24) is 15.1 Å². The minimum Gasteiger partial charge on any atom is -0.454 e. The zero-order chi connectivity index (χ0) is 18.8. The maximum absolute atomic E-state index is 13.1. The lowest BCUT2D eigenvalue weighted by molar-refractivity contribution is 0.102. The summed E-state index contributed by atoms with van der Waals surface area (Å²) in [7, 11) is 0. The zero-order valence-electron chi connectivity index (χ0n) is 15.6. The summed E-state index contributed by atoms with van der Waals surface area (Å²) >= 11 is 1.32. The second-order valence-electron chi connectivity index (χ2n) is 7.32. The average Bonchev–Trinajstić information content (AvgIpc) is 3.33. The van der Waals surface area contributed by atoms with Gasteiger partial charge in [-0.15, -0.1) is 10.2 Å². The predicted octanol–water partition coefficient (Wildman–Crippen LogP) is 4.13. The summed E-state index contributed by atoms with van der Waals surface area (Å²) < 4.78 is 10.9. The van der Waals surface area contributed by atoms with Gasteiger partial charge in [0.15, 0.2) is 11.5 Å². The summed E-state index contributed by atoms with van der Waals surface area (Å²) in [6, 6.07) is 5.92. The van der Waals surface area contributed by atoms with Gasteiger partial charge < -0.3 is 14.4 Å². The fourth-order valence-corrected chi connectivity index (χ4v) is 4.39. The van der Waals surface area contributed by atoms with Gasteiger partial charge >= 0.3 is 6.03 Å². The van der Waals surface area contributed by atoms with E-state index in [1.807, 2.05) is 23.1 Å². The van der Waals surface area contributed by atoms with Crippen LogP contribution in [0.1, 0.15) is 38.7 Å². The molecule has 0 unspecified atom stereocenters. The molecule has 27 heavy (non-hydrogen) atoms. The predicted molar refractivity (Wildman–Crippen MR) is 103 cm³/mol. The fourth-order valence-electron chi connectivity index (χ4n) is 3.96. The number of aromatic nitrogens is 2. The van der Waals surface area contributed by atoms with Gasteiger partial charge in [-0.2, -0.15) is 0 Å². The van der Waals surface area contributed by atoms with E-state index >= 15 is 0 Å². The summed E-state index contributed by atoms with van der Waals surface area (Å²) in [6.07, 6.45) is 3.37. The number of nitrogens with zero attached hydrogens (tertiary/aromatic N) is 3. The second kappa shape index (κ2) is 7.72. The van der Waals surface area contributed by atoms with E-state index in [0.29, 0.717) is 23.5 Å². The largest absolute Gasteiger partial charge is 0.454 e. The van der Waals surface area contributed by atoms with Gasteiger partial charge in [0.05, 0.1) is 0 Å². The fraction of sp³-hybridized carbons (Fsp3) is 0.526. The Morgan fingerprint density at radius 2 is 2.15 bits per heavy atom. The Hall–Kier alpha value is -2.35. The number of benzene rings is 1. The molecule has 4 rings (SSSR count). The third-order valence-electron chi connectivity index (χ3n) is 5.69. The van der Waals surface area contributed by atoms with E-state index in [2.05, 4.69) is 29.4 Å². The molecule has 144 valence electrons. The Kier molecular flexibility index (Phi) is 5.15. The van der Waals surface area contributed by atoms with E-state index in [-0.39, 0.29) is 18.9 Å². The lowest BCUT2D eigenvalue weighted by Crippen LogP contribution is -2.48. The Balaban J connectivity index is 1.57. The first kappa shape index (κ1) is 18.0. The summed E-state index contributed by atoms with van der Waals surface area (Å²) in [5.41, 5.74) is 2.64. The van der Waals surface area contributed by atoms with E-state index < -0.39 is 0 Å². The topological polar surface area (TPSA) is 76.6 Å². The molecule has 0 bridgehead atoms. The molecule has 1 aliphatic carbocycles. The number of carbonyl (C=O) groups is 1. The van der Waals surface area contributed by atoms with Crippen LogP contribution in [0.25, 0.3) is 0 Å². The first-order chi connectivity index (χ1) is 13.1. The van der Waals surface area contributed by atoms with Gasteiger partial charge in [-0.05, 0) is 36.0 Å². The summed E-state index contributed by atoms with van der Waals surface area (Å²) in [4.78, 5) is 15.0. The van der Waals surface area contributed by atoms with Crippen LogP contribution in [0.2, 0.25) is 0 Å². The highest BCUT2D eigenvalue weighted by Crippen LogP contribution is 2.36. The normalized spacial score (nSPS) is 23.9. The summed E-state index contributed by atoms with van der Waals surface area (Å²) in [6.45, 7) is 5.29. The molecule has 1 saturated carbocycles. The Morgan fingerprint density at radius 1 is 1.30 bits per heavy atom. The van der Waals surface area contributed by atoms with Crippen molar-refractivity contribution in [1.29, 1.82) is 0 Å². The van der Waals surface area contributed by atoms with Crippen molar-refractivity contribution in [2.24, 2.45) is 11.8 Å². The molecule has 1 aromatic carbocycles. The van der Waals surface area contributed by atoms with Crippen LogP contribution in [0.3, 0.4) is 0 Å². The first-order valence-corrected chi connectivity index (χ1v) is 10.2. The highest BCUT2D eigenvalue weighted by Gasteiger charge is 2.34. The van der Waals surface area contributed by atoms with Gasteiger partial charge in [0, 0.05) is 12.6 Å². The molecule has 8 heteroatoms. The van der Waals surface area contributed by atoms with Crippen molar-refractivity contribution >= 4 is 22.5 Å². The van der Waals surface area contributed by atoms with E-state index in [9.17, 15) is 4.79 Å². The highest BCUT2D eigenvalue weighted by atomic mass is 32.1. The van der Waals surface area contributed by atoms with Crippen molar-refractivity contribution in [3.63, 3.8) is 0 Å². The van der Waals surface area contributed by atoms with E-state index in [4.69, 9.17) is 9.47 Å². The van der Waals surface area contributed by atoms with Crippen molar-refractivity contribution in [2.45, 2.75) is 45.7 Å². The van der Waals surface area contributed by atoms with Crippen LogP contribution in [-0.4, -0.2) is 34.0 Å². The molecule has 0 spiro atoms. The van der Waals surface area contributed by atoms with Crippen molar-refractivity contribution in [3.8, 4) is 11.5 Å². The van der Waals surface area contributed by atoms with Crippen LogP contribution in [0, 0.1) is 11.8 Å². The minimum absolute atomic E-state index is 0.129. The van der Waals surface area contributed by atoms with Crippen LogP contribution in [0.15, 0.2) is 23.7 Å². The van der Waals surface area contributed by atoms with Crippen LogP contribution in [0.4, 0.5) is 9.93 Å². The monoisotopic (exact) mass is 388 g/mol. The molecular weight excluding hydrogens is 364 g/mol. The van der Waals surface area contributed by atoms with Gasteiger partial charge in [-0.1, -0.05) is 44.1 Å². The SMILES string of the molecule is C[C@H]1[C@H](C)CCC[C@@H]1N(Cc1ccc2c(c1)OCO2)C(=O)Nc1nncs1. The van der Waals surface area contributed by atoms with Crippen LogP contribution < -0.4 is 14.8 Å². The minimum atomic E-state index is -0.129. The molecule has 0 saturated heterocycles. The van der Waals surface area contributed by atoms with Crippen molar-refractivity contribution in [2.75, 3.05) is 12.1 Å². The quantitative estimate of drug-likeness (QED) is 0.852. The number of carbonyl (C=O) groups excluding carboxylic acids is 1. The Morgan fingerprint density at radius 3 is 2.96 bits per heavy atom. The van der Waals surface area contributed by atoms with Crippen LogP contribution >= 0.6 is 11.3 Å². The van der Waals surface area contributed by atoms with Gasteiger partial charge in [-0.3, -0.25) is 5.32 Å². The molecule has 1 fully saturated rings. The van der Waals surface area contributed by atoms with Gasteiger partial charge in [0.25, 0.3) is 0 Å². The maximum atomic E-state index is 13.1. The molecule has 2 amide bonds. The smallest absolute Gasteiger partial charge is 0.324 e. The van der Waals surface area contributed by atoms with Gasteiger partial charge in [0.2, 0.25) is 11.9 Å². The number of hydrogen-bond acceptors (Lipinski definition) is 6. The molecule has 2 aromatic rings. The van der Waals surface area contributed by atoms with Crippen LogP contribution in [0.5, 0.6) is 11.5 Å². The van der Waals surface area contributed by atoms with Crippen molar-refractivity contribution in [3.05, 3.63) is 29.3 Å². The molecule has 2 heterocycles. The standard InChI is InChI=1S/C19H24N4O3S/c1-12-4-3-5-15(13(12)2)23(19(24)21-18-22-20-10-27-18)9-14-6-7-16-17(8-14)26-11-25-16/h6-8,10,12-13,15H,3-5,9,11H2,1-2H3,(H,21,22,24)/t12-,13+,15+/m1/s1. The molecule has 7 nitrogen and oxygen atoms in total. The third-order valence-corrected chi connectivity index (χ3v) is 6.30. The zero-order valence-corrected chi connectivity index (χ0v) is 16.4. The number of fused-ring (bicyclic) bond motifs is 1. The first-order valence-electron chi connectivity index (χ1n) is 9.34. The Labute approximate surface area is 162 Å². The summed E-state index contributed by atoms with van der Waals surface area (Å²) in [5, 5.41) is 11.2. The number of hydrogen-bond donors (Lipinski definition) is 1. The number of rotatable bonds is 4. The lowest BCUT2D eigenvalue weighted by Gasteiger charge is -2.41. The van der Waals surface area contributed by atoms with E-state index in [1.165, 1.54) is 17.8 Å². The highest BCUT2D eigenvalue weighted by molar-refractivity contribution is 7.13. The molecule has 1 aliphatic heterocycles. The van der Waals surface area contributed by atoms with Crippen LogP contribution in [-0.2, 0) is 6.54 Å². The lowest BCUT2D eigenvalue weighted by atomic mass is 9.77. The van der Waals surface area contributed by atoms with E-state index in [1.54, 1.807) is 5.51 Å².